The Morgan fingerprint density at radius 2 is 2.00 bits per heavy atom. The number of carbonyl (C=O) groups excluding carboxylic acids is 2. The Labute approximate surface area is 160 Å². The lowest BCUT2D eigenvalue weighted by Crippen LogP contribution is -2.43. The van der Waals surface area contributed by atoms with Gasteiger partial charge in [-0.15, -0.1) is 0 Å². The number of hydrogen-bond donors (Lipinski definition) is 1. The first-order valence-corrected chi connectivity index (χ1v) is 9.55. The topological polar surface area (TPSA) is 71.1 Å². The summed E-state index contributed by atoms with van der Waals surface area (Å²) in [4.78, 5) is 28.4. The molecule has 0 radical (unpaired) electrons. The van der Waals surface area contributed by atoms with Crippen LogP contribution in [0.2, 0.25) is 0 Å². The third kappa shape index (κ3) is 5.13. The summed E-state index contributed by atoms with van der Waals surface area (Å²) in [5, 5.41) is 2.93. The average Bonchev–Trinajstić information content (AvgIpc) is 3.01. The molecule has 7 heteroatoms. The molecule has 1 aromatic carbocycles. The van der Waals surface area contributed by atoms with Crippen LogP contribution in [0.25, 0.3) is 0 Å². The summed E-state index contributed by atoms with van der Waals surface area (Å²) in [6, 6.07) is 7.27. The van der Waals surface area contributed by atoms with Gasteiger partial charge in [-0.25, -0.2) is 4.79 Å². The van der Waals surface area contributed by atoms with E-state index in [-0.39, 0.29) is 11.9 Å². The van der Waals surface area contributed by atoms with E-state index >= 15 is 0 Å². The fourth-order valence-corrected chi connectivity index (χ4v) is 3.91. The molecule has 1 N–H and O–H groups in total. The second kappa shape index (κ2) is 9.08. The molecule has 3 amide bonds. The standard InChI is InChI=1S/C20H29N3O4/c1-26-14-16-10-19(24)23(13-16)12-15-6-8-22(9-7-15)20(25)21-17-4-3-5-18(11-17)27-2/h3-5,11,15-16H,6-10,12-14H2,1-2H3,(H,21,25). The van der Waals surface area contributed by atoms with E-state index in [4.69, 9.17) is 9.47 Å². The summed E-state index contributed by atoms with van der Waals surface area (Å²) in [5.74, 6) is 1.72. The van der Waals surface area contributed by atoms with Crippen molar-refractivity contribution in [1.82, 2.24) is 9.80 Å². The molecule has 27 heavy (non-hydrogen) atoms. The van der Waals surface area contributed by atoms with Gasteiger partial charge in [-0.05, 0) is 30.9 Å². The smallest absolute Gasteiger partial charge is 0.321 e. The number of likely N-dealkylation sites (tertiary alicyclic amines) is 2. The average molecular weight is 375 g/mol. The zero-order valence-corrected chi connectivity index (χ0v) is 16.1. The molecule has 1 atom stereocenters. The maximum atomic E-state index is 12.5. The summed E-state index contributed by atoms with van der Waals surface area (Å²) in [7, 11) is 3.29. The lowest BCUT2D eigenvalue weighted by molar-refractivity contribution is -0.128. The Kier molecular flexibility index (Phi) is 6.55. The van der Waals surface area contributed by atoms with Crippen LogP contribution in [0.3, 0.4) is 0 Å². The maximum absolute atomic E-state index is 12.5. The van der Waals surface area contributed by atoms with E-state index in [9.17, 15) is 9.59 Å². The zero-order valence-electron chi connectivity index (χ0n) is 16.1. The van der Waals surface area contributed by atoms with Crippen LogP contribution in [0.15, 0.2) is 24.3 Å². The summed E-state index contributed by atoms with van der Waals surface area (Å²) in [5.41, 5.74) is 0.730. The number of hydrogen-bond acceptors (Lipinski definition) is 4. The van der Waals surface area contributed by atoms with Crippen molar-refractivity contribution < 1.29 is 19.1 Å². The molecule has 0 aromatic heterocycles. The number of benzene rings is 1. The summed E-state index contributed by atoms with van der Waals surface area (Å²) in [6.45, 7) is 3.66. The van der Waals surface area contributed by atoms with Crippen molar-refractivity contribution in [2.24, 2.45) is 11.8 Å². The molecule has 148 valence electrons. The fourth-order valence-electron chi connectivity index (χ4n) is 3.91. The Morgan fingerprint density at radius 1 is 1.22 bits per heavy atom. The van der Waals surface area contributed by atoms with Gasteiger partial charge in [0.2, 0.25) is 5.91 Å². The Morgan fingerprint density at radius 3 is 2.70 bits per heavy atom. The van der Waals surface area contributed by atoms with Crippen molar-refractivity contribution >= 4 is 17.6 Å². The third-order valence-corrected chi connectivity index (χ3v) is 5.40. The quantitative estimate of drug-likeness (QED) is 0.829. The number of nitrogens with zero attached hydrogens (tertiary/aromatic N) is 2. The molecular weight excluding hydrogens is 346 g/mol. The molecular formula is C20H29N3O4. The third-order valence-electron chi connectivity index (χ3n) is 5.40. The zero-order chi connectivity index (χ0) is 19.2. The van der Waals surface area contributed by atoms with Crippen molar-refractivity contribution in [3.05, 3.63) is 24.3 Å². The van der Waals surface area contributed by atoms with Gasteiger partial charge in [0, 0.05) is 57.4 Å². The number of ether oxygens (including phenoxy) is 2. The van der Waals surface area contributed by atoms with E-state index in [2.05, 4.69) is 5.32 Å². The van der Waals surface area contributed by atoms with Crippen molar-refractivity contribution in [3.8, 4) is 5.75 Å². The number of amides is 3. The van der Waals surface area contributed by atoms with Crippen LogP contribution in [0.5, 0.6) is 5.75 Å². The van der Waals surface area contributed by atoms with Crippen LogP contribution in [0.1, 0.15) is 19.3 Å². The Balaban J connectivity index is 1.44. The molecule has 1 unspecified atom stereocenters. The van der Waals surface area contributed by atoms with Gasteiger partial charge in [0.25, 0.3) is 0 Å². The second-order valence-corrected chi connectivity index (χ2v) is 7.42. The minimum atomic E-state index is -0.0842. The highest BCUT2D eigenvalue weighted by Crippen LogP contribution is 2.24. The molecule has 2 heterocycles. The summed E-state index contributed by atoms with van der Waals surface area (Å²) in [6.07, 6.45) is 2.43. The first-order chi connectivity index (χ1) is 13.1. The van der Waals surface area contributed by atoms with E-state index in [1.165, 1.54) is 0 Å². The van der Waals surface area contributed by atoms with Crippen LogP contribution < -0.4 is 10.1 Å². The summed E-state index contributed by atoms with van der Waals surface area (Å²) >= 11 is 0. The van der Waals surface area contributed by atoms with Gasteiger partial charge in [-0.3, -0.25) is 4.79 Å². The molecule has 0 bridgehead atoms. The van der Waals surface area contributed by atoms with Gasteiger partial charge in [0.1, 0.15) is 5.75 Å². The predicted molar refractivity (Wildman–Crippen MR) is 103 cm³/mol. The van der Waals surface area contributed by atoms with Gasteiger partial charge in [0.15, 0.2) is 0 Å². The first kappa shape index (κ1) is 19.5. The highest BCUT2D eigenvalue weighted by Gasteiger charge is 2.32. The van der Waals surface area contributed by atoms with Crippen LogP contribution in [0, 0.1) is 11.8 Å². The molecule has 3 rings (SSSR count). The molecule has 2 aliphatic heterocycles. The fraction of sp³-hybridized carbons (Fsp3) is 0.600. The first-order valence-electron chi connectivity index (χ1n) is 9.55. The summed E-state index contributed by atoms with van der Waals surface area (Å²) < 4.78 is 10.4. The minimum Gasteiger partial charge on any atom is -0.497 e. The Bertz CT molecular complexity index is 658. The Hall–Kier alpha value is -2.28. The van der Waals surface area contributed by atoms with Crippen molar-refractivity contribution in [2.45, 2.75) is 19.3 Å². The van der Waals surface area contributed by atoms with Crippen molar-refractivity contribution in [1.29, 1.82) is 0 Å². The SMILES string of the molecule is COCC1CC(=O)N(CC2CCN(C(=O)Nc3cccc(OC)c3)CC2)C1. The second-order valence-electron chi connectivity index (χ2n) is 7.42. The molecule has 0 spiro atoms. The van der Waals surface area contributed by atoms with Crippen LogP contribution in [-0.2, 0) is 9.53 Å². The number of rotatable bonds is 6. The highest BCUT2D eigenvalue weighted by atomic mass is 16.5. The monoisotopic (exact) mass is 375 g/mol. The van der Waals surface area contributed by atoms with Crippen molar-refractivity contribution in [2.75, 3.05) is 52.3 Å². The number of urea groups is 1. The van der Waals surface area contributed by atoms with E-state index in [1.54, 1.807) is 20.3 Å². The van der Waals surface area contributed by atoms with E-state index < -0.39 is 0 Å². The molecule has 2 aliphatic rings. The number of anilines is 1. The van der Waals surface area contributed by atoms with Crippen LogP contribution >= 0.6 is 0 Å². The van der Waals surface area contributed by atoms with E-state index in [0.717, 1.165) is 31.6 Å². The molecule has 0 aliphatic carbocycles. The largest absolute Gasteiger partial charge is 0.497 e. The van der Waals surface area contributed by atoms with Gasteiger partial charge in [-0.1, -0.05) is 6.07 Å². The molecule has 7 nitrogen and oxygen atoms in total. The maximum Gasteiger partial charge on any atom is 0.321 e. The lowest BCUT2D eigenvalue weighted by Gasteiger charge is -2.34. The predicted octanol–water partition coefficient (Wildman–Crippen LogP) is 2.43. The molecule has 2 saturated heterocycles. The molecule has 0 saturated carbocycles. The van der Waals surface area contributed by atoms with E-state index in [0.29, 0.717) is 43.7 Å². The lowest BCUT2D eigenvalue weighted by atomic mass is 9.96. The number of piperidine rings is 1. The molecule has 1 aromatic rings. The van der Waals surface area contributed by atoms with Crippen molar-refractivity contribution in [3.63, 3.8) is 0 Å². The normalized spacial score (nSPS) is 20.8. The minimum absolute atomic E-state index is 0.0842. The van der Waals surface area contributed by atoms with Crippen LogP contribution in [0.4, 0.5) is 10.5 Å². The highest BCUT2D eigenvalue weighted by molar-refractivity contribution is 5.89. The van der Waals surface area contributed by atoms with Gasteiger partial charge in [-0.2, -0.15) is 0 Å². The number of methoxy groups -OCH3 is 2. The number of nitrogens with one attached hydrogen (secondary N) is 1. The van der Waals surface area contributed by atoms with Gasteiger partial charge < -0.3 is 24.6 Å². The van der Waals surface area contributed by atoms with E-state index in [1.807, 2.05) is 28.0 Å². The molecule has 2 fully saturated rings. The van der Waals surface area contributed by atoms with Crippen LogP contribution in [-0.4, -0.2) is 68.7 Å². The number of carbonyl (C=O) groups is 2. The van der Waals surface area contributed by atoms with Gasteiger partial charge in [0.05, 0.1) is 13.7 Å². The van der Waals surface area contributed by atoms with Gasteiger partial charge >= 0.3 is 6.03 Å².